The van der Waals surface area contributed by atoms with E-state index in [2.05, 4.69) is 0 Å². The molecular weight excluding hydrogens is 240 g/mol. The Labute approximate surface area is 113 Å². The van der Waals surface area contributed by atoms with Crippen molar-refractivity contribution in [1.82, 2.24) is 0 Å². The number of nitrogens with two attached hydrogens (primary N) is 1. The number of carbonyl (C=O) groups is 2. The molecule has 2 rings (SSSR count). The van der Waals surface area contributed by atoms with Gasteiger partial charge in [-0.3, -0.25) is 9.59 Å². The van der Waals surface area contributed by atoms with Gasteiger partial charge in [-0.1, -0.05) is 6.92 Å². The summed E-state index contributed by atoms with van der Waals surface area (Å²) in [5, 5.41) is 0. The number of hydrogen-bond donors (Lipinski definition) is 1. The van der Waals surface area contributed by atoms with E-state index in [0.29, 0.717) is 24.9 Å². The third-order valence-electron chi connectivity index (χ3n) is 3.56. The van der Waals surface area contributed by atoms with E-state index in [4.69, 9.17) is 5.73 Å². The zero-order valence-electron chi connectivity index (χ0n) is 11.5. The van der Waals surface area contributed by atoms with E-state index in [9.17, 15) is 9.59 Å². The Morgan fingerprint density at radius 3 is 2.79 bits per heavy atom. The summed E-state index contributed by atoms with van der Waals surface area (Å²) in [4.78, 5) is 25.6. The summed E-state index contributed by atoms with van der Waals surface area (Å²) in [5.41, 5.74) is 8.13. The zero-order chi connectivity index (χ0) is 14.0. The second kappa shape index (κ2) is 5.53. The smallest absolute Gasteiger partial charge is 0.226 e. The molecule has 1 aromatic rings. The lowest BCUT2D eigenvalue weighted by Crippen LogP contribution is -2.35. The van der Waals surface area contributed by atoms with Gasteiger partial charge in [0.25, 0.3) is 0 Å². The molecule has 0 saturated carbocycles. The lowest BCUT2D eigenvalue weighted by Gasteiger charge is -2.22. The number of fused-ring (bicyclic) bond motifs is 1. The molecule has 4 nitrogen and oxygen atoms in total. The maximum absolute atomic E-state index is 12.0. The van der Waals surface area contributed by atoms with E-state index < -0.39 is 0 Å². The van der Waals surface area contributed by atoms with Gasteiger partial charge in [0.05, 0.1) is 0 Å². The lowest BCUT2D eigenvalue weighted by molar-refractivity contribution is -0.118. The van der Waals surface area contributed by atoms with Crippen LogP contribution in [-0.4, -0.2) is 24.3 Å². The minimum atomic E-state index is 0.0678. The second-order valence-electron chi connectivity index (χ2n) is 4.98. The molecule has 1 aromatic carbocycles. The number of Topliss-reactive ketones (excluding diaryl/α,β-unsaturated/α-hetero) is 1. The molecule has 102 valence electrons. The second-order valence-corrected chi connectivity index (χ2v) is 4.98. The van der Waals surface area contributed by atoms with Gasteiger partial charge in [-0.05, 0) is 43.7 Å². The summed E-state index contributed by atoms with van der Waals surface area (Å²) < 4.78 is 0. The minimum Gasteiger partial charge on any atom is -0.330 e. The van der Waals surface area contributed by atoms with Crippen LogP contribution in [0.3, 0.4) is 0 Å². The Morgan fingerprint density at radius 2 is 2.16 bits per heavy atom. The molecule has 1 heterocycles. The van der Waals surface area contributed by atoms with Crippen LogP contribution < -0.4 is 10.6 Å². The van der Waals surface area contributed by atoms with E-state index in [-0.39, 0.29) is 17.7 Å². The van der Waals surface area contributed by atoms with Crippen LogP contribution >= 0.6 is 0 Å². The van der Waals surface area contributed by atoms with Crippen molar-refractivity contribution in [3.8, 4) is 0 Å². The average Bonchev–Trinajstić information content (AvgIpc) is 2.73. The molecule has 0 fully saturated rings. The molecular formula is C15H20N2O2. The van der Waals surface area contributed by atoms with Gasteiger partial charge in [-0.15, -0.1) is 0 Å². The van der Waals surface area contributed by atoms with E-state index in [1.807, 2.05) is 30.9 Å². The molecule has 0 aromatic heterocycles. The van der Waals surface area contributed by atoms with E-state index in [1.165, 1.54) is 0 Å². The fourth-order valence-corrected chi connectivity index (χ4v) is 2.63. The summed E-state index contributed by atoms with van der Waals surface area (Å²) in [7, 11) is 0. The van der Waals surface area contributed by atoms with Crippen molar-refractivity contribution in [2.45, 2.75) is 39.2 Å². The minimum absolute atomic E-state index is 0.0678. The van der Waals surface area contributed by atoms with Gasteiger partial charge >= 0.3 is 0 Å². The number of amides is 1. The summed E-state index contributed by atoms with van der Waals surface area (Å²) in [5.74, 6) is 0.200. The molecule has 0 bridgehead atoms. The summed E-state index contributed by atoms with van der Waals surface area (Å²) in [6, 6.07) is 5.76. The first-order chi connectivity index (χ1) is 9.08. The Kier molecular flexibility index (Phi) is 4.00. The number of hydrogen-bond acceptors (Lipinski definition) is 3. The van der Waals surface area contributed by atoms with Crippen LogP contribution in [0.15, 0.2) is 18.2 Å². The highest BCUT2D eigenvalue weighted by Gasteiger charge is 2.30. The summed E-state index contributed by atoms with van der Waals surface area (Å²) >= 11 is 0. The average molecular weight is 260 g/mol. The quantitative estimate of drug-likeness (QED) is 0.841. The van der Waals surface area contributed by atoms with Crippen molar-refractivity contribution in [2.75, 3.05) is 11.4 Å². The highest BCUT2D eigenvalue weighted by atomic mass is 16.2. The van der Waals surface area contributed by atoms with Gasteiger partial charge in [0.2, 0.25) is 5.91 Å². The van der Waals surface area contributed by atoms with Crippen molar-refractivity contribution >= 4 is 17.4 Å². The zero-order valence-corrected chi connectivity index (χ0v) is 11.5. The highest BCUT2D eigenvalue weighted by Crippen LogP contribution is 2.33. The number of ketones is 1. The molecule has 0 aliphatic carbocycles. The Balaban J connectivity index is 2.31. The highest BCUT2D eigenvalue weighted by molar-refractivity contribution is 5.99. The molecule has 0 spiro atoms. The first-order valence-electron chi connectivity index (χ1n) is 6.76. The maximum Gasteiger partial charge on any atom is 0.226 e. The Hall–Kier alpha value is -1.68. The van der Waals surface area contributed by atoms with Crippen LogP contribution in [-0.2, 0) is 11.2 Å². The Bertz CT molecular complexity index is 511. The number of anilines is 1. The summed E-state index contributed by atoms with van der Waals surface area (Å²) in [6.07, 6.45) is 1.67. The largest absolute Gasteiger partial charge is 0.330 e. The molecule has 4 heteroatoms. The SMILES string of the molecule is CCC(=O)N1c2ccc(C(=O)CCN)cc2CC1C. The Morgan fingerprint density at radius 1 is 1.42 bits per heavy atom. The van der Waals surface area contributed by atoms with E-state index >= 15 is 0 Å². The van der Waals surface area contributed by atoms with Gasteiger partial charge in [0, 0.05) is 30.1 Å². The first-order valence-corrected chi connectivity index (χ1v) is 6.76. The number of carbonyl (C=O) groups excluding carboxylic acids is 2. The van der Waals surface area contributed by atoms with E-state index in [1.54, 1.807) is 6.07 Å². The molecule has 1 unspecified atom stereocenters. The lowest BCUT2D eigenvalue weighted by atomic mass is 10.0. The van der Waals surface area contributed by atoms with Crippen LogP contribution in [0.4, 0.5) is 5.69 Å². The molecule has 1 amide bonds. The molecule has 0 saturated heterocycles. The molecule has 19 heavy (non-hydrogen) atoms. The normalized spacial score (nSPS) is 17.4. The summed E-state index contributed by atoms with van der Waals surface area (Å²) in [6.45, 7) is 4.27. The van der Waals surface area contributed by atoms with Crippen LogP contribution in [0.2, 0.25) is 0 Å². The number of rotatable bonds is 4. The molecule has 0 radical (unpaired) electrons. The topological polar surface area (TPSA) is 63.4 Å². The standard InChI is InChI=1S/C15H20N2O2/c1-3-15(19)17-10(2)8-12-9-11(4-5-13(12)17)14(18)6-7-16/h4-5,9-10H,3,6-8,16H2,1-2H3. The molecule has 2 N–H and O–H groups in total. The van der Waals surface area contributed by atoms with Gasteiger partial charge in [0.1, 0.15) is 0 Å². The van der Waals surface area contributed by atoms with Crippen molar-refractivity contribution in [3.63, 3.8) is 0 Å². The predicted molar refractivity (Wildman–Crippen MR) is 75.4 cm³/mol. The predicted octanol–water partition coefficient (Wildman–Crippen LogP) is 1.91. The van der Waals surface area contributed by atoms with E-state index in [0.717, 1.165) is 17.7 Å². The van der Waals surface area contributed by atoms with Crippen LogP contribution in [0.5, 0.6) is 0 Å². The van der Waals surface area contributed by atoms with Crippen molar-refractivity contribution < 1.29 is 9.59 Å². The first kappa shape index (κ1) is 13.7. The number of benzene rings is 1. The van der Waals surface area contributed by atoms with Gasteiger partial charge in [-0.2, -0.15) is 0 Å². The molecule has 1 atom stereocenters. The molecule has 1 aliphatic rings. The fraction of sp³-hybridized carbons (Fsp3) is 0.467. The van der Waals surface area contributed by atoms with Crippen molar-refractivity contribution in [3.05, 3.63) is 29.3 Å². The number of nitrogens with zero attached hydrogens (tertiary/aromatic N) is 1. The molecule has 1 aliphatic heterocycles. The van der Waals surface area contributed by atoms with Gasteiger partial charge < -0.3 is 10.6 Å². The fourth-order valence-electron chi connectivity index (χ4n) is 2.63. The van der Waals surface area contributed by atoms with Crippen molar-refractivity contribution in [1.29, 1.82) is 0 Å². The van der Waals surface area contributed by atoms with Gasteiger partial charge in [0.15, 0.2) is 5.78 Å². The van der Waals surface area contributed by atoms with Crippen molar-refractivity contribution in [2.24, 2.45) is 5.73 Å². The van der Waals surface area contributed by atoms with Gasteiger partial charge in [-0.25, -0.2) is 0 Å². The third kappa shape index (κ3) is 2.54. The monoisotopic (exact) mass is 260 g/mol. The third-order valence-corrected chi connectivity index (χ3v) is 3.56. The van der Waals surface area contributed by atoms with Crippen LogP contribution in [0, 0.1) is 0 Å². The maximum atomic E-state index is 12.0. The van der Waals surface area contributed by atoms with Crippen LogP contribution in [0.1, 0.15) is 42.6 Å². The van der Waals surface area contributed by atoms with Crippen LogP contribution in [0.25, 0.3) is 0 Å².